The monoisotopic (exact) mass is 267 g/mol. The topological polar surface area (TPSA) is 103 Å². The molecule has 0 bridgehead atoms. The number of aryl methyl sites for hydroxylation is 2. The number of hydrogen-bond donors (Lipinski definition) is 2. The third-order valence-electron chi connectivity index (χ3n) is 2.32. The fourth-order valence-corrected chi connectivity index (χ4v) is 2.62. The molecule has 0 radical (unpaired) electrons. The smallest absolute Gasteiger partial charge is 0.262 e. The molecule has 0 atom stereocenters. The summed E-state index contributed by atoms with van der Waals surface area (Å²) < 4.78 is 28.2. The molecular weight excluding hydrogens is 254 g/mol. The Hall–Kier alpha value is -2.09. The molecule has 2 rings (SSSR count). The van der Waals surface area contributed by atoms with Crippen LogP contribution >= 0.6 is 0 Å². The van der Waals surface area contributed by atoms with Gasteiger partial charge in [0, 0.05) is 25.5 Å². The highest BCUT2D eigenvalue weighted by Gasteiger charge is 2.17. The first-order valence-electron chi connectivity index (χ1n) is 5.13. The number of nitrogen functional groups attached to an aromatic ring is 1. The van der Waals surface area contributed by atoms with E-state index in [1.165, 1.54) is 23.0 Å². The van der Waals surface area contributed by atoms with Crippen LogP contribution in [0.2, 0.25) is 0 Å². The molecule has 3 N–H and O–H groups in total. The number of rotatable bonds is 3. The summed E-state index contributed by atoms with van der Waals surface area (Å²) in [6.45, 7) is 1.72. The van der Waals surface area contributed by atoms with E-state index in [0.29, 0.717) is 11.4 Å². The van der Waals surface area contributed by atoms with E-state index in [1.807, 2.05) is 0 Å². The average Bonchev–Trinajstić information content (AvgIpc) is 2.56. The number of hydrogen-bond acceptors (Lipinski definition) is 5. The summed E-state index contributed by atoms with van der Waals surface area (Å²) in [5.74, 6) is 0.154. The van der Waals surface area contributed by atoms with Gasteiger partial charge in [-0.2, -0.15) is 5.10 Å². The Balaban J connectivity index is 2.36. The zero-order valence-corrected chi connectivity index (χ0v) is 10.8. The van der Waals surface area contributed by atoms with Crippen LogP contribution in [0.15, 0.2) is 29.4 Å². The maximum Gasteiger partial charge on any atom is 0.262 e. The maximum absolute atomic E-state index is 12.1. The van der Waals surface area contributed by atoms with Crippen molar-refractivity contribution < 1.29 is 8.42 Å². The fraction of sp³-hybridized carbons (Fsp3) is 0.200. The van der Waals surface area contributed by atoms with Crippen LogP contribution < -0.4 is 10.5 Å². The second-order valence-electron chi connectivity index (χ2n) is 3.82. The first-order valence-corrected chi connectivity index (χ1v) is 6.61. The van der Waals surface area contributed by atoms with Crippen molar-refractivity contribution in [2.24, 2.45) is 7.05 Å². The minimum absolute atomic E-state index is 0.0678. The number of pyridine rings is 1. The minimum Gasteiger partial charge on any atom is -0.384 e. The Kier molecular flexibility index (Phi) is 2.95. The van der Waals surface area contributed by atoms with Crippen molar-refractivity contribution in [3.63, 3.8) is 0 Å². The summed E-state index contributed by atoms with van der Waals surface area (Å²) in [7, 11) is -1.95. The predicted molar refractivity (Wildman–Crippen MR) is 67.4 cm³/mol. The Morgan fingerprint density at radius 3 is 2.72 bits per heavy atom. The number of sulfonamides is 1. The molecule has 7 nitrogen and oxygen atoms in total. The summed E-state index contributed by atoms with van der Waals surface area (Å²) in [6, 6.07) is 2.68. The summed E-state index contributed by atoms with van der Waals surface area (Å²) in [6.07, 6.45) is 2.94. The number of aromatic nitrogens is 3. The van der Waals surface area contributed by atoms with Gasteiger partial charge in [-0.3, -0.25) is 9.40 Å². The molecule has 0 unspecified atom stereocenters. The number of nitrogens with two attached hydrogens (primary N) is 1. The number of nitrogens with zero attached hydrogens (tertiary/aromatic N) is 3. The largest absolute Gasteiger partial charge is 0.384 e. The van der Waals surface area contributed by atoms with E-state index in [0.717, 1.165) is 0 Å². The molecule has 2 aromatic heterocycles. The van der Waals surface area contributed by atoms with Gasteiger partial charge in [0.2, 0.25) is 0 Å². The molecule has 0 fully saturated rings. The molecule has 96 valence electrons. The summed E-state index contributed by atoms with van der Waals surface area (Å²) in [4.78, 5) is 3.82. The van der Waals surface area contributed by atoms with Gasteiger partial charge < -0.3 is 5.73 Å². The van der Waals surface area contributed by atoms with Gasteiger partial charge in [-0.15, -0.1) is 0 Å². The first kappa shape index (κ1) is 12.4. The van der Waals surface area contributed by atoms with Crippen LogP contribution in [0, 0.1) is 6.92 Å². The van der Waals surface area contributed by atoms with Crippen LogP contribution in [0.3, 0.4) is 0 Å². The van der Waals surface area contributed by atoms with Crippen LogP contribution in [0.5, 0.6) is 0 Å². The van der Waals surface area contributed by atoms with E-state index >= 15 is 0 Å². The van der Waals surface area contributed by atoms with E-state index in [1.54, 1.807) is 20.2 Å². The second-order valence-corrected chi connectivity index (χ2v) is 5.51. The van der Waals surface area contributed by atoms with E-state index in [2.05, 4.69) is 14.8 Å². The molecule has 0 aliphatic carbocycles. The van der Waals surface area contributed by atoms with E-state index < -0.39 is 10.0 Å². The summed E-state index contributed by atoms with van der Waals surface area (Å²) in [5.41, 5.74) is 6.50. The Labute approximate surface area is 105 Å². The Bertz CT molecular complexity index is 677. The van der Waals surface area contributed by atoms with Gasteiger partial charge in [-0.25, -0.2) is 13.4 Å². The highest BCUT2D eigenvalue weighted by Crippen LogP contribution is 2.18. The van der Waals surface area contributed by atoms with E-state index in [-0.39, 0.29) is 10.7 Å². The van der Waals surface area contributed by atoms with Gasteiger partial charge in [-0.1, -0.05) is 0 Å². The standard InChI is InChI=1S/C10H13N5O2S/c1-7-9(6-15(2)13-7)14-18(16,17)8-3-4-12-10(11)5-8/h3-6,14H,1-2H3,(H2,11,12). The highest BCUT2D eigenvalue weighted by atomic mass is 32.2. The average molecular weight is 267 g/mol. The van der Waals surface area contributed by atoms with Gasteiger partial charge >= 0.3 is 0 Å². The van der Waals surface area contributed by atoms with Crippen LogP contribution in [0.25, 0.3) is 0 Å². The van der Waals surface area contributed by atoms with Gasteiger partial charge in [0.1, 0.15) is 5.82 Å². The van der Waals surface area contributed by atoms with Gasteiger partial charge in [-0.05, 0) is 13.0 Å². The van der Waals surface area contributed by atoms with Crippen molar-refractivity contribution in [1.82, 2.24) is 14.8 Å². The van der Waals surface area contributed by atoms with Crippen LogP contribution in [0.4, 0.5) is 11.5 Å². The number of anilines is 2. The quantitative estimate of drug-likeness (QED) is 0.843. The van der Waals surface area contributed by atoms with Crippen LogP contribution in [0.1, 0.15) is 5.69 Å². The molecule has 0 aromatic carbocycles. The summed E-state index contributed by atoms with van der Waals surface area (Å²) >= 11 is 0. The summed E-state index contributed by atoms with van der Waals surface area (Å²) in [5, 5.41) is 4.06. The molecule has 0 spiro atoms. The molecule has 8 heteroatoms. The molecule has 18 heavy (non-hydrogen) atoms. The second kappa shape index (κ2) is 4.30. The lowest BCUT2D eigenvalue weighted by molar-refractivity contribution is 0.601. The highest BCUT2D eigenvalue weighted by molar-refractivity contribution is 7.92. The Morgan fingerprint density at radius 2 is 2.17 bits per heavy atom. The van der Waals surface area contributed by atoms with E-state index in [4.69, 9.17) is 5.73 Å². The third-order valence-corrected chi connectivity index (χ3v) is 3.68. The molecule has 0 aliphatic rings. The van der Waals surface area contributed by atoms with Gasteiger partial charge in [0.25, 0.3) is 10.0 Å². The van der Waals surface area contributed by atoms with Crippen molar-refractivity contribution in [2.75, 3.05) is 10.5 Å². The third kappa shape index (κ3) is 2.43. The molecule has 2 aromatic rings. The lowest BCUT2D eigenvalue weighted by Crippen LogP contribution is -2.13. The SMILES string of the molecule is Cc1nn(C)cc1NS(=O)(=O)c1ccnc(N)c1. The van der Waals surface area contributed by atoms with Crippen LogP contribution in [-0.4, -0.2) is 23.2 Å². The predicted octanol–water partition coefficient (Wildman–Crippen LogP) is 0.507. The Morgan fingerprint density at radius 1 is 1.44 bits per heavy atom. The van der Waals surface area contributed by atoms with Crippen molar-refractivity contribution in [3.8, 4) is 0 Å². The molecular formula is C10H13N5O2S. The van der Waals surface area contributed by atoms with Crippen molar-refractivity contribution >= 4 is 21.5 Å². The normalized spacial score (nSPS) is 11.4. The molecule has 2 heterocycles. The zero-order chi connectivity index (χ0) is 13.3. The molecule has 0 saturated heterocycles. The van der Waals surface area contributed by atoms with Gasteiger partial charge in [0.05, 0.1) is 16.3 Å². The van der Waals surface area contributed by atoms with Crippen molar-refractivity contribution in [1.29, 1.82) is 0 Å². The molecule has 0 amide bonds. The lowest BCUT2D eigenvalue weighted by Gasteiger charge is -2.06. The van der Waals surface area contributed by atoms with Gasteiger partial charge in [0.15, 0.2) is 0 Å². The van der Waals surface area contributed by atoms with Crippen molar-refractivity contribution in [3.05, 3.63) is 30.2 Å². The minimum atomic E-state index is -3.67. The molecule has 0 saturated carbocycles. The fourth-order valence-electron chi connectivity index (χ4n) is 1.50. The first-order chi connectivity index (χ1) is 8.38. The lowest BCUT2D eigenvalue weighted by atomic mass is 10.4. The van der Waals surface area contributed by atoms with E-state index in [9.17, 15) is 8.42 Å². The van der Waals surface area contributed by atoms with Crippen molar-refractivity contribution in [2.45, 2.75) is 11.8 Å². The van der Waals surface area contributed by atoms with Crippen LogP contribution in [-0.2, 0) is 17.1 Å². The maximum atomic E-state index is 12.1. The molecule has 0 aliphatic heterocycles. The number of nitrogens with one attached hydrogen (secondary N) is 1. The zero-order valence-electron chi connectivity index (χ0n) is 9.95.